The topological polar surface area (TPSA) is 114 Å². The number of amides is 1. The van der Waals surface area contributed by atoms with Gasteiger partial charge < -0.3 is 10.8 Å². The maximum absolute atomic E-state index is 12.5. The number of nitrogens with zero attached hydrogens (tertiary/aromatic N) is 2. The summed E-state index contributed by atoms with van der Waals surface area (Å²) >= 11 is 12.3. The van der Waals surface area contributed by atoms with Crippen molar-refractivity contribution in [2.45, 2.75) is 18.6 Å². The molecule has 1 heterocycles. The second-order valence-electron chi connectivity index (χ2n) is 7.25. The Balaban J connectivity index is 2.01. The van der Waals surface area contributed by atoms with Crippen LogP contribution in [0.15, 0.2) is 66.9 Å². The van der Waals surface area contributed by atoms with Crippen LogP contribution in [0.2, 0.25) is 10.0 Å². The number of aromatic nitrogens is 1. The molecule has 1 amide bonds. The van der Waals surface area contributed by atoms with E-state index in [4.69, 9.17) is 28.9 Å². The predicted octanol–water partition coefficient (Wildman–Crippen LogP) is 3.47. The van der Waals surface area contributed by atoms with Gasteiger partial charge in [0.1, 0.15) is 5.60 Å². The number of nitrogens with two attached hydrogens (primary N) is 1. The first kappa shape index (κ1) is 24.0. The number of aliphatic hydroxyl groups is 1. The molecule has 0 aliphatic heterocycles. The number of sulfonamides is 1. The summed E-state index contributed by atoms with van der Waals surface area (Å²) in [5, 5.41) is 11.9. The van der Waals surface area contributed by atoms with Gasteiger partial charge in [-0.2, -0.15) is 0 Å². The van der Waals surface area contributed by atoms with Gasteiger partial charge in [0.15, 0.2) is 0 Å². The van der Waals surface area contributed by atoms with Crippen molar-refractivity contribution >= 4 is 44.8 Å². The Morgan fingerprint density at radius 2 is 1.78 bits per heavy atom. The van der Waals surface area contributed by atoms with Gasteiger partial charge in [0.25, 0.3) is 0 Å². The van der Waals surface area contributed by atoms with E-state index in [9.17, 15) is 18.3 Å². The first-order chi connectivity index (χ1) is 15.0. The van der Waals surface area contributed by atoms with Crippen molar-refractivity contribution < 1.29 is 18.3 Å². The maximum atomic E-state index is 12.5. The van der Waals surface area contributed by atoms with Gasteiger partial charge in [-0.25, -0.2) is 8.42 Å². The Kier molecular flexibility index (Phi) is 7.09. The molecule has 2 aromatic carbocycles. The summed E-state index contributed by atoms with van der Waals surface area (Å²) in [7, 11) is -3.68. The van der Waals surface area contributed by atoms with Crippen molar-refractivity contribution in [2.75, 3.05) is 10.6 Å². The van der Waals surface area contributed by atoms with Crippen LogP contribution in [0.3, 0.4) is 0 Å². The molecular weight excluding hydrogens is 473 g/mol. The first-order valence-corrected chi connectivity index (χ1v) is 12.1. The molecular formula is C22H21Cl2N3O4S. The summed E-state index contributed by atoms with van der Waals surface area (Å²) in [5.74, 6) is -0.712. The smallest absolute Gasteiger partial charge is 0.232 e. The van der Waals surface area contributed by atoms with Crippen molar-refractivity contribution in [1.29, 1.82) is 0 Å². The fourth-order valence-electron chi connectivity index (χ4n) is 3.33. The molecule has 0 saturated heterocycles. The molecule has 0 aliphatic carbocycles. The number of hydrogen-bond acceptors (Lipinski definition) is 5. The van der Waals surface area contributed by atoms with Crippen LogP contribution in [-0.2, 0) is 27.0 Å². The van der Waals surface area contributed by atoms with Crippen molar-refractivity contribution in [3.63, 3.8) is 0 Å². The fraction of sp³-hybridized carbons (Fsp3) is 0.182. The lowest BCUT2D eigenvalue weighted by Crippen LogP contribution is -2.34. The van der Waals surface area contributed by atoms with E-state index < -0.39 is 28.0 Å². The average Bonchev–Trinajstić information content (AvgIpc) is 2.74. The minimum absolute atomic E-state index is 0.0383. The highest BCUT2D eigenvalue weighted by Crippen LogP contribution is 2.34. The number of carbonyl (C=O) groups is 1. The third kappa shape index (κ3) is 5.21. The molecule has 3 N–H and O–H groups in total. The molecule has 32 heavy (non-hydrogen) atoms. The molecule has 168 valence electrons. The molecule has 0 fully saturated rings. The molecule has 1 atom stereocenters. The fourth-order valence-corrected chi connectivity index (χ4v) is 4.59. The van der Waals surface area contributed by atoms with E-state index in [0.29, 0.717) is 21.8 Å². The van der Waals surface area contributed by atoms with Gasteiger partial charge in [-0.1, -0.05) is 53.5 Å². The van der Waals surface area contributed by atoms with Crippen LogP contribution < -0.4 is 10.0 Å². The van der Waals surface area contributed by atoms with Gasteiger partial charge >= 0.3 is 0 Å². The van der Waals surface area contributed by atoms with E-state index in [0.717, 1.165) is 6.26 Å². The monoisotopic (exact) mass is 493 g/mol. The Morgan fingerprint density at radius 1 is 1.09 bits per heavy atom. The van der Waals surface area contributed by atoms with Gasteiger partial charge in [0.05, 0.1) is 40.6 Å². The van der Waals surface area contributed by atoms with E-state index >= 15 is 0 Å². The lowest BCUT2D eigenvalue weighted by Gasteiger charge is -2.28. The van der Waals surface area contributed by atoms with Gasteiger partial charge in [-0.3, -0.25) is 14.1 Å². The van der Waals surface area contributed by atoms with Crippen molar-refractivity contribution in [3.05, 3.63) is 93.7 Å². The molecule has 3 aromatic rings. The summed E-state index contributed by atoms with van der Waals surface area (Å²) in [6, 6.07) is 16.1. The van der Waals surface area contributed by atoms with Gasteiger partial charge in [-0.05, 0) is 41.5 Å². The number of pyridine rings is 1. The Morgan fingerprint density at radius 3 is 2.34 bits per heavy atom. The standard InChI is InChI=1S/C22H21Cl2N3O4S/c1-32(30,31)27(14-15-5-4-6-18(23)21(15)24)17-10-8-16(9-11-17)22(29,13-20(25)28)19-7-2-3-12-26-19/h2-12,29H,13-14H2,1H3,(H2,25,28). The molecule has 1 aromatic heterocycles. The summed E-state index contributed by atoms with van der Waals surface area (Å²) < 4.78 is 26.2. The van der Waals surface area contributed by atoms with Crippen LogP contribution in [0.1, 0.15) is 23.2 Å². The van der Waals surface area contributed by atoms with Gasteiger partial charge in [0.2, 0.25) is 15.9 Å². The molecule has 0 aliphatic rings. The number of benzene rings is 2. The number of rotatable bonds is 8. The first-order valence-electron chi connectivity index (χ1n) is 9.45. The maximum Gasteiger partial charge on any atom is 0.232 e. The van der Waals surface area contributed by atoms with E-state index in [-0.39, 0.29) is 17.3 Å². The largest absolute Gasteiger partial charge is 0.378 e. The van der Waals surface area contributed by atoms with E-state index in [1.54, 1.807) is 36.4 Å². The third-order valence-electron chi connectivity index (χ3n) is 4.90. The van der Waals surface area contributed by atoms with Crippen molar-refractivity contribution in [1.82, 2.24) is 4.98 Å². The third-order valence-corrected chi connectivity index (χ3v) is 6.90. The average molecular weight is 494 g/mol. The SMILES string of the molecule is CS(=O)(=O)N(Cc1cccc(Cl)c1Cl)c1ccc(C(O)(CC(N)=O)c2ccccn2)cc1. The molecule has 0 radical (unpaired) electrons. The summed E-state index contributed by atoms with van der Waals surface area (Å²) in [6.45, 7) is -0.0383. The number of carbonyl (C=O) groups excluding carboxylic acids is 1. The van der Waals surface area contributed by atoms with Crippen LogP contribution in [0, 0.1) is 0 Å². The van der Waals surface area contributed by atoms with Crippen LogP contribution >= 0.6 is 23.2 Å². The molecule has 7 nitrogen and oxygen atoms in total. The zero-order chi connectivity index (χ0) is 23.5. The summed E-state index contributed by atoms with van der Waals surface area (Å²) in [6.07, 6.45) is 2.18. The van der Waals surface area contributed by atoms with Crippen LogP contribution in [-0.4, -0.2) is 30.7 Å². The second kappa shape index (κ2) is 9.46. The molecule has 3 rings (SSSR count). The van der Waals surface area contributed by atoms with Crippen molar-refractivity contribution in [2.24, 2.45) is 5.73 Å². The molecule has 0 bridgehead atoms. The lowest BCUT2D eigenvalue weighted by atomic mass is 9.86. The number of primary amides is 1. The second-order valence-corrected chi connectivity index (χ2v) is 9.94. The number of halogens is 2. The quantitative estimate of drug-likeness (QED) is 0.498. The van der Waals surface area contributed by atoms with E-state index in [2.05, 4.69) is 4.98 Å². The zero-order valence-electron chi connectivity index (χ0n) is 17.1. The van der Waals surface area contributed by atoms with Crippen molar-refractivity contribution in [3.8, 4) is 0 Å². The van der Waals surface area contributed by atoms with E-state index in [1.807, 2.05) is 0 Å². The summed E-state index contributed by atoms with van der Waals surface area (Å²) in [5.41, 5.74) is 5.06. The normalized spacial score (nSPS) is 13.4. The highest BCUT2D eigenvalue weighted by atomic mass is 35.5. The molecule has 0 spiro atoms. The van der Waals surface area contributed by atoms with Crippen LogP contribution in [0.4, 0.5) is 5.69 Å². The Labute approximate surface area is 196 Å². The number of anilines is 1. The van der Waals surface area contributed by atoms with E-state index in [1.165, 1.54) is 34.8 Å². The molecule has 0 saturated carbocycles. The van der Waals surface area contributed by atoms with Crippen LogP contribution in [0.25, 0.3) is 0 Å². The lowest BCUT2D eigenvalue weighted by molar-refractivity contribution is -0.122. The number of hydrogen-bond donors (Lipinski definition) is 2. The Bertz CT molecular complexity index is 1220. The van der Waals surface area contributed by atoms with Gasteiger partial charge in [0, 0.05) is 6.20 Å². The molecule has 10 heteroatoms. The minimum atomic E-state index is -3.68. The Hall–Kier alpha value is -2.65. The molecule has 1 unspecified atom stereocenters. The zero-order valence-corrected chi connectivity index (χ0v) is 19.4. The van der Waals surface area contributed by atoms with Crippen LogP contribution in [0.5, 0.6) is 0 Å². The summed E-state index contributed by atoms with van der Waals surface area (Å²) in [4.78, 5) is 15.8. The highest BCUT2D eigenvalue weighted by molar-refractivity contribution is 7.92. The van der Waals surface area contributed by atoms with Gasteiger partial charge in [-0.15, -0.1) is 0 Å². The minimum Gasteiger partial charge on any atom is -0.378 e. The highest BCUT2D eigenvalue weighted by Gasteiger charge is 2.35. The predicted molar refractivity (Wildman–Crippen MR) is 125 cm³/mol.